The van der Waals surface area contributed by atoms with Gasteiger partial charge in [0.2, 0.25) is 0 Å². The van der Waals surface area contributed by atoms with Gasteiger partial charge in [-0.3, -0.25) is 0 Å². The Bertz CT molecular complexity index is 796. The molecular weight excluding hydrogens is 270 g/mol. The third-order valence-electron chi connectivity index (χ3n) is 4.02. The van der Waals surface area contributed by atoms with Crippen molar-refractivity contribution in [1.29, 1.82) is 0 Å². The summed E-state index contributed by atoms with van der Waals surface area (Å²) in [6.45, 7) is 8.18. The molecule has 1 unspecified atom stereocenters. The number of aromatic nitrogens is 1. The van der Waals surface area contributed by atoms with E-state index >= 15 is 0 Å². The van der Waals surface area contributed by atoms with Gasteiger partial charge in [-0.2, -0.15) is 0 Å². The van der Waals surface area contributed by atoms with Crippen molar-refractivity contribution >= 4 is 16.6 Å². The van der Waals surface area contributed by atoms with Crippen molar-refractivity contribution in [2.75, 3.05) is 13.6 Å². The van der Waals surface area contributed by atoms with Crippen LogP contribution in [0.15, 0.2) is 60.8 Å². The molecule has 0 saturated carbocycles. The fourth-order valence-electron chi connectivity index (χ4n) is 2.90. The van der Waals surface area contributed by atoms with Crippen LogP contribution < -0.4 is 5.32 Å². The molecule has 3 nitrogen and oxygen atoms in total. The Morgan fingerprint density at radius 2 is 1.95 bits per heavy atom. The predicted octanol–water partition coefficient (Wildman–Crippen LogP) is 4.39. The zero-order valence-corrected chi connectivity index (χ0v) is 12.7. The van der Waals surface area contributed by atoms with Crippen LogP contribution in [0.25, 0.3) is 15.7 Å². The molecule has 0 spiro atoms. The lowest BCUT2D eigenvalue weighted by Crippen LogP contribution is -2.17. The standard InChI is InChI=1S/C19H19N3/c1-20-12-10-18(15-6-4-3-5-7-15)22-13-11-16-8-9-17(21-2)14-19(16)22/h3-9,11,13-14,18,20H,10,12H2,1H3. The molecule has 0 radical (unpaired) electrons. The summed E-state index contributed by atoms with van der Waals surface area (Å²) in [5, 5.41) is 4.42. The highest BCUT2D eigenvalue weighted by Crippen LogP contribution is 2.29. The van der Waals surface area contributed by atoms with Crippen LogP contribution in [0.1, 0.15) is 18.0 Å². The van der Waals surface area contributed by atoms with E-state index in [1.165, 1.54) is 10.9 Å². The molecule has 1 atom stereocenters. The fourth-order valence-corrected chi connectivity index (χ4v) is 2.90. The highest BCUT2D eigenvalue weighted by Gasteiger charge is 2.15. The van der Waals surface area contributed by atoms with Gasteiger partial charge in [-0.05, 0) is 43.1 Å². The van der Waals surface area contributed by atoms with Crippen molar-refractivity contribution in [3.8, 4) is 0 Å². The van der Waals surface area contributed by atoms with E-state index in [4.69, 9.17) is 6.57 Å². The first kappa shape index (κ1) is 14.4. The van der Waals surface area contributed by atoms with Gasteiger partial charge in [0.25, 0.3) is 0 Å². The van der Waals surface area contributed by atoms with Crippen LogP contribution in [0.3, 0.4) is 0 Å². The molecule has 0 saturated heterocycles. The molecule has 22 heavy (non-hydrogen) atoms. The van der Waals surface area contributed by atoms with Crippen molar-refractivity contribution in [2.45, 2.75) is 12.5 Å². The Balaban J connectivity index is 2.09. The van der Waals surface area contributed by atoms with Gasteiger partial charge >= 0.3 is 0 Å². The van der Waals surface area contributed by atoms with Crippen LogP contribution in [-0.4, -0.2) is 18.2 Å². The largest absolute Gasteiger partial charge is 0.341 e. The Labute approximate surface area is 131 Å². The molecule has 0 aliphatic rings. The monoisotopic (exact) mass is 289 g/mol. The number of fused-ring (bicyclic) bond motifs is 1. The molecule has 2 aromatic carbocycles. The number of rotatable bonds is 5. The maximum absolute atomic E-state index is 7.23. The molecule has 110 valence electrons. The molecule has 3 aromatic rings. The van der Waals surface area contributed by atoms with Crippen molar-refractivity contribution < 1.29 is 0 Å². The maximum atomic E-state index is 7.23. The van der Waals surface area contributed by atoms with Crippen LogP contribution >= 0.6 is 0 Å². The number of nitrogens with zero attached hydrogens (tertiary/aromatic N) is 2. The lowest BCUT2D eigenvalue weighted by Gasteiger charge is -2.21. The molecule has 0 aliphatic heterocycles. The smallest absolute Gasteiger partial charge is 0.189 e. The first-order valence-corrected chi connectivity index (χ1v) is 7.51. The Kier molecular flexibility index (Phi) is 4.22. The van der Waals surface area contributed by atoms with Crippen LogP contribution in [0, 0.1) is 6.57 Å². The summed E-state index contributed by atoms with van der Waals surface area (Å²) >= 11 is 0. The van der Waals surface area contributed by atoms with Gasteiger partial charge in [0.1, 0.15) is 0 Å². The molecule has 1 aromatic heterocycles. The van der Waals surface area contributed by atoms with Gasteiger partial charge < -0.3 is 9.88 Å². The van der Waals surface area contributed by atoms with Crippen molar-refractivity contribution in [2.24, 2.45) is 0 Å². The zero-order chi connectivity index (χ0) is 15.4. The topological polar surface area (TPSA) is 21.3 Å². The molecule has 0 aliphatic carbocycles. The molecule has 1 heterocycles. The predicted molar refractivity (Wildman–Crippen MR) is 91.3 cm³/mol. The van der Waals surface area contributed by atoms with Crippen molar-refractivity contribution in [1.82, 2.24) is 9.88 Å². The zero-order valence-electron chi connectivity index (χ0n) is 12.7. The Morgan fingerprint density at radius 1 is 1.14 bits per heavy atom. The van der Waals surface area contributed by atoms with Gasteiger partial charge in [0, 0.05) is 11.7 Å². The van der Waals surface area contributed by atoms with Crippen LogP contribution in [0.5, 0.6) is 0 Å². The molecular formula is C19H19N3. The van der Waals surface area contributed by atoms with E-state index in [2.05, 4.69) is 51.3 Å². The highest BCUT2D eigenvalue weighted by molar-refractivity contribution is 5.84. The number of nitrogens with one attached hydrogen (secondary N) is 1. The number of hydrogen-bond acceptors (Lipinski definition) is 1. The quantitative estimate of drug-likeness (QED) is 0.691. The third kappa shape index (κ3) is 2.74. The van der Waals surface area contributed by atoms with Crippen LogP contribution in [-0.2, 0) is 0 Å². The minimum absolute atomic E-state index is 0.270. The van der Waals surface area contributed by atoms with Gasteiger partial charge in [-0.15, -0.1) is 0 Å². The molecule has 0 amide bonds. The lowest BCUT2D eigenvalue weighted by molar-refractivity contribution is 0.539. The van der Waals surface area contributed by atoms with Gasteiger partial charge in [0.05, 0.1) is 12.6 Å². The second-order valence-corrected chi connectivity index (χ2v) is 5.40. The summed E-state index contributed by atoms with van der Waals surface area (Å²) in [6.07, 6.45) is 3.14. The van der Waals surface area contributed by atoms with Crippen LogP contribution in [0.4, 0.5) is 5.69 Å². The van der Waals surface area contributed by atoms with E-state index in [1.807, 2.05) is 31.3 Å². The molecule has 0 bridgehead atoms. The second kappa shape index (κ2) is 6.46. The summed E-state index contributed by atoms with van der Waals surface area (Å²) in [5.74, 6) is 0. The summed E-state index contributed by atoms with van der Waals surface area (Å²) < 4.78 is 2.29. The van der Waals surface area contributed by atoms with Gasteiger partial charge in [-0.1, -0.05) is 42.5 Å². The maximum Gasteiger partial charge on any atom is 0.189 e. The first-order valence-electron chi connectivity index (χ1n) is 7.51. The summed E-state index contributed by atoms with van der Waals surface area (Å²) in [7, 11) is 1.98. The molecule has 3 rings (SSSR count). The first-order chi connectivity index (χ1) is 10.8. The van der Waals surface area contributed by atoms with E-state index in [9.17, 15) is 0 Å². The van der Waals surface area contributed by atoms with Gasteiger partial charge in [-0.25, -0.2) is 4.85 Å². The molecule has 0 fully saturated rings. The third-order valence-corrected chi connectivity index (χ3v) is 4.02. The average Bonchev–Trinajstić information content (AvgIpc) is 2.99. The Morgan fingerprint density at radius 3 is 2.68 bits per heavy atom. The van der Waals surface area contributed by atoms with E-state index in [1.54, 1.807) is 0 Å². The average molecular weight is 289 g/mol. The number of benzene rings is 2. The fraction of sp³-hybridized carbons (Fsp3) is 0.211. The van der Waals surface area contributed by atoms with Crippen molar-refractivity contribution in [3.63, 3.8) is 0 Å². The van der Waals surface area contributed by atoms with E-state index in [-0.39, 0.29) is 6.04 Å². The number of hydrogen-bond donors (Lipinski definition) is 1. The highest BCUT2D eigenvalue weighted by atomic mass is 15.0. The van der Waals surface area contributed by atoms with E-state index in [0.717, 1.165) is 18.5 Å². The minimum Gasteiger partial charge on any atom is -0.341 e. The van der Waals surface area contributed by atoms with E-state index in [0.29, 0.717) is 5.69 Å². The summed E-state index contributed by atoms with van der Waals surface area (Å²) in [6, 6.07) is 18.8. The lowest BCUT2D eigenvalue weighted by atomic mass is 10.0. The van der Waals surface area contributed by atoms with Crippen LogP contribution in [0.2, 0.25) is 0 Å². The van der Waals surface area contributed by atoms with Gasteiger partial charge in [0.15, 0.2) is 5.69 Å². The van der Waals surface area contributed by atoms with E-state index < -0.39 is 0 Å². The normalized spacial score (nSPS) is 12.2. The summed E-state index contributed by atoms with van der Waals surface area (Å²) in [5.41, 5.74) is 3.11. The minimum atomic E-state index is 0.270. The SMILES string of the molecule is [C-]#[N+]c1ccc2ccn(C(CCNC)c3ccccc3)c2c1. The van der Waals surface area contributed by atoms with Crippen molar-refractivity contribution in [3.05, 3.63) is 77.8 Å². The summed E-state index contributed by atoms with van der Waals surface area (Å²) in [4.78, 5) is 3.56. The Hall–Kier alpha value is -2.57. The second-order valence-electron chi connectivity index (χ2n) is 5.40. The molecule has 3 heteroatoms. The molecule has 1 N–H and O–H groups in total.